The molecular weight excluding hydrogens is 276 g/mol. The molecule has 1 amide bonds. The number of primary sulfonamides is 1. The first-order chi connectivity index (χ1) is 8.36. The normalized spacial score (nSPS) is 11.3. The number of hydrogen-bond donors (Lipinski definition) is 2. The molecule has 3 N–H and O–H groups in total. The van der Waals surface area contributed by atoms with Crippen molar-refractivity contribution in [2.45, 2.75) is 24.7 Å². The van der Waals surface area contributed by atoms with Gasteiger partial charge in [0.2, 0.25) is 10.0 Å². The molecule has 0 saturated heterocycles. The highest BCUT2D eigenvalue weighted by molar-refractivity contribution is 7.89. The highest BCUT2D eigenvalue weighted by Crippen LogP contribution is 2.19. The van der Waals surface area contributed by atoms with Gasteiger partial charge in [0.05, 0.1) is 15.5 Å². The molecule has 0 heterocycles. The van der Waals surface area contributed by atoms with Gasteiger partial charge in [-0.2, -0.15) is 0 Å². The van der Waals surface area contributed by atoms with E-state index in [1.807, 2.05) is 6.92 Å². The second-order valence-corrected chi connectivity index (χ2v) is 5.76. The van der Waals surface area contributed by atoms with Crippen molar-refractivity contribution in [3.8, 4) is 0 Å². The fourth-order valence-electron chi connectivity index (χ4n) is 1.33. The molecule has 0 radical (unpaired) electrons. The van der Waals surface area contributed by atoms with E-state index in [-0.39, 0.29) is 15.5 Å². The van der Waals surface area contributed by atoms with Crippen LogP contribution in [-0.4, -0.2) is 20.9 Å². The Labute approximate surface area is 111 Å². The average Bonchev–Trinajstić information content (AvgIpc) is 2.28. The number of halogens is 1. The average molecular weight is 291 g/mol. The van der Waals surface area contributed by atoms with Crippen LogP contribution in [0.3, 0.4) is 0 Å². The first-order valence-corrected chi connectivity index (χ1v) is 7.39. The summed E-state index contributed by atoms with van der Waals surface area (Å²) in [4.78, 5) is 11.7. The lowest BCUT2D eigenvalue weighted by Gasteiger charge is -2.07. The number of nitrogens with one attached hydrogen (secondary N) is 1. The van der Waals surface area contributed by atoms with Crippen molar-refractivity contribution in [3.63, 3.8) is 0 Å². The minimum absolute atomic E-state index is 0.110. The molecule has 0 aliphatic carbocycles. The minimum atomic E-state index is -3.84. The minimum Gasteiger partial charge on any atom is -0.352 e. The SMILES string of the molecule is CCCCNC(=O)c1cc(S(N)(=O)=O)ccc1Cl. The molecule has 0 unspecified atom stereocenters. The largest absolute Gasteiger partial charge is 0.352 e. The fourth-order valence-corrected chi connectivity index (χ4v) is 2.07. The Hall–Kier alpha value is -1.11. The van der Waals surface area contributed by atoms with E-state index in [0.717, 1.165) is 12.8 Å². The maximum Gasteiger partial charge on any atom is 0.252 e. The zero-order valence-electron chi connectivity index (χ0n) is 9.94. The van der Waals surface area contributed by atoms with Crippen molar-refractivity contribution in [2.24, 2.45) is 5.14 Å². The summed E-state index contributed by atoms with van der Waals surface area (Å²) in [6.45, 7) is 2.52. The smallest absolute Gasteiger partial charge is 0.252 e. The van der Waals surface area contributed by atoms with Gasteiger partial charge in [0.15, 0.2) is 0 Å². The van der Waals surface area contributed by atoms with Crippen LogP contribution in [0.1, 0.15) is 30.1 Å². The lowest BCUT2D eigenvalue weighted by Crippen LogP contribution is -2.25. The van der Waals surface area contributed by atoms with Crippen LogP contribution in [0.15, 0.2) is 23.1 Å². The summed E-state index contributed by atoms with van der Waals surface area (Å²) in [6, 6.07) is 3.79. The summed E-state index contributed by atoms with van der Waals surface area (Å²) in [5.41, 5.74) is 0.110. The summed E-state index contributed by atoms with van der Waals surface area (Å²) < 4.78 is 22.4. The van der Waals surface area contributed by atoms with Gasteiger partial charge < -0.3 is 5.32 Å². The summed E-state index contributed by atoms with van der Waals surface area (Å²) >= 11 is 5.86. The molecule has 1 aromatic rings. The fraction of sp³-hybridized carbons (Fsp3) is 0.364. The van der Waals surface area contributed by atoms with Crippen LogP contribution in [0.5, 0.6) is 0 Å². The molecule has 0 saturated carbocycles. The van der Waals surface area contributed by atoms with E-state index in [1.165, 1.54) is 18.2 Å². The van der Waals surface area contributed by atoms with E-state index in [1.54, 1.807) is 0 Å². The van der Waals surface area contributed by atoms with Gasteiger partial charge in [-0.3, -0.25) is 4.79 Å². The quantitative estimate of drug-likeness (QED) is 0.806. The number of hydrogen-bond acceptors (Lipinski definition) is 3. The van der Waals surface area contributed by atoms with E-state index in [0.29, 0.717) is 6.54 Å². The second-order valence-electron chi connectivity index (χ2n) is 3.80. The van der Waals surface area contributed by atoms with Crippen molar-refractivity contribution in [1.29, 1.82) is 0 Å². The number of amides is 1. The Morgan fingerprint density at radius 3 is 2.67 bits per heavy atom. The molecular formula is C11H15ClN2O3S. The Kier molecular flexibility index (Phi) is 5.13. The van der Waals surface area contributed by atoms with E-state index in [9.17, 15) is 13.2 Å². The lowest BCUT2D eigenvalue weighted by molar-refractivity contribution is 0.0953. The van der Waals surface area contributed by atoms with Crippen molar-refractivity contribution in [2.75, 3.05) is 6.54 Å². The van der Waals surface area contributed by atoms with Gasteiger partial charge >= 0.3 is 0 Å². The van der Waals surface area contributed by atoms with Crippen molar-refractivity contribution >= 4 is 27.5 Å². The second kappa shape index (κ2) is 6.17. The molecule has 1 aromatic carbocycles. The lowest BCUT2D eigenvalue weighted by atomic mass is 10.2. The Morgan fingerprint density at radius 1 is 1.44 bits per heavy atom. The maximum atomic E-state index is 11.8. The number of carbonyl (C=O) groups is 1. The predicted octanol–water partition coefficient (Wildman–Crippen LogP) is 1.52. The third kappa shape index (κ3) is 3.97. The third-order valence-corrected chi connectivity index (χ3v) is 3.57. The molecule has 0 aromatic heterocycles. The van der Waals surface area contributed by atoms with Crippen molar-refractivity contribution < 1.29 is 13.2 Å². The number of unbranched alkanes of at least 4 members (excludes halogenated alkanes) is 1. The van der Waals surface area contributed by atoms with Gasteiger partial charge in [-0.05, 0) is 24.6 Å². The Bertz CT molecular complexity index is 543. The first-order valence-electron chi connectivity index (χ1n) is 5.46. The van der Waals surface area contributed by atoms with Gasteiger partial charge in [-0.25, -0.2) is 13.6 Å². The molecule has 0 fully saturated rings. The standard InChI is InChI=1S/C11H15ClN2O3S/c1-2-3-6-14-11(15)9-7-8(18(13,16)17)4-5-10(9)12/h4-5,7H,2-3,6H2,1H3,(H,14,15)(H2,13,16,17). The summed E-state index contributed by atoms with van der Waals surface area (Å²) in [7, 11) is -3.84. The summed E-state index contributed by atoms with van der Waals surface area (Å²) in [5, 5.41) is 7.85. The van der Waals surface area contributed by atoms with Crippen LogP contribution in [0, 0.1) is 0 Å². The Balaban J connectivity index is 2.97. The molecule has 5 nitrogen and oxygen atoms in total. The maximum absolute atomic E-state index is 11.8. The van der Waals surface area contributed by atoms with Crippen LogP contribution in [-0.2, 0) is 10.0 Å². The highest BCUT2D eigenvalue weighted by Gasteiger charge is 2.15. The molecule has 7 heteroatoms. The molecule has 0 atom stereocenters. The molecule has 18 heavy (non-hydrogen) atoms. The van der Waals surface area contributed by atoms with Crippen LogP contribution in [0.4, 0.5) is 0 Å². The number of carbonyl (C=O) groups excluding carboxylic acids is 1. The van der Waals surface area contributed by atoms with Gasteiger partial charge in [0.1, 0.15) is 0 Å². The predicted molar refractivity (Wildman–Crippen MR) is 70.1 cm³/mol. The topological polar surface area (TPSA) is 89.3 Å². The van der Waals surface area contributed by atoms with Crippen LogP contribution in [0.25, 0.3) is 0 Å². The summed E-state index contributed by atoms with van der Waals surface area (Å²) in [6.07, 6.45) is 1.80. The van der Waals surface area contributed by atoms with Crippen molar-refractivity contribution in [1.82, 2.24) is 5.32 Å². The summed E-state index contributed by atoms with van der Waals surface area (Å²) in [5.74, 6) is -0.404. The zero-order chi connectivity index (χ0) is 13.8. The molecule has 0 spiro atoms. The van der Waals surface area contributed by atoms with E-state index in [2.05, 4.69) is 5.32 Å². The number of sulfonamides is 1. The number of benzene rings is 1. The van der Waals surface area contributed by atoms with E-state index < -0.39 is 15.9 Å². The third-order valence-electron chi connectivity index (χ3n) is 2.33. The van der Waals surface area contributed by atoms with Crippen LogP contribution < -0.4 is 10.5 Å². The Morgan fingerprint density at radius 2 is 2.11 bits per heavy atom. The molecule has 0 bridgehead atoms. The molecule has 1 rings (SSSR count). The molecule has 0 aliphatic rings. The number of rotatable bonds is 5. The van der Waals surface area contributed by atoms with E-state index >= 15 is 0 Å². The molecule has 0 aliphatic heterocycles. The van der Waals surface area contributed by atoms with Gasteiger partial charge in [0, 0.05) is 6.54 Å². The van der Waals surface area contributed by atoms with Crippen LogP contribution in [0.2, 0.25) is 5.02 Å². The van der Waals surface area contributed by atoms with Gasteiger partial charge in [-0.1, -0.05) is 24.9 Å². The van der Waals surface area contributed by atoms with Gasteiger partial charge in [-0.15, -0.1) is 0 Å². The zero-order valence-corrected chi connectivity index (χ0v) is 11.5. The molecule has 100 valence electrons. The number of nitrogens with two attached hydrogens (primary N) is 1. The van der Waals surface area contributed by atoms with Crippen molar-refractivity contribution in [3.05, 3.63) is 28.8 Å². The van der Waals surface area contributed by atoms with E-state index in [4.69, 9.17) is 16.7 Å². The van der Waals surface area contributed by atoms with Gasteiger partial charge in [0.25, 0.3) is 5.91 Å². The van der Waals surface area contributed by atoms with Crippen LogP contribution >= 0.6 is 11.6 Å². The monoisotopic (exact) mass is 290 g/mol. The first kappa shape index (κ1) is 14.9. The highest BCUT2D eigenvalue weighted by atomic mass is 35.5.